The first-order valence-electron chi connectivity index (χ1n) is 10.00. The van der Waals surface area contributed by atoms with Crippen LogP contribution in [-0.2, 0) is 0 Å². The van der Waals surface area contributed by atoms with Gasteiger partial charge in [-0.05, 0) is 62.8 Å². The summed E-state index contributed by atoms with van der Waals surface area (Å²) in [7, 11) is 0. The molecule has 29 heavy (non-hydrogen) atoms. The molecule has 2 aliphatic rings. The summed E-state index contributed by atoms with van der Waals surface area (Å²) in [6, 6.07) is 8.42. The number of hydrogen-bond acceptors (Lipinski definition) is 6. The molecule has 9 heteroatoms. The number of fused-ring (bicyclic) bond motifs is 2. The van der Waals surface area contributed by atoms with Crippen molar-refractivity contribution in [1.82, 2.24) is 29.1 Å². The number of nitrogen functional groups attached to an aromatic ring is 2. The third-order valence-corrected chi connectivity index (χ3v) is 6.10. The minimum atomic E-state index is 0.459. The molecule has 0 aliphatic heterocycles. The Kier molecular flexibility index (Phi) is 4.50. The Morgan fingerprint density at radius 1 is 0.793 bits per heavy atom. The van der Waals surface area contributed by atoms with E-state index < -0.39 is 0 Å². The van der Waals surface area contributed by atoms with E-state index >= 15 is 0 Å². The summed E-state index contributed by atoms with van der Waals surface area (Å²) in [6.45, 7) is 0. The van der Waals surface area contributed by atoms with Gasteiger partial charge in [0.05, 0.1) is 0 Å². The first kappa shape index (κ1) is 18.2. The lowest BCUT2D eigenvalue weighted by Crippen LogP contribution is -2.19. The smallest absolute Gasteiger partial charge is 0.202 e. The van der Waals surface area contributed by atoms with Crippen LogP contribution in [0.5, 0.6) is 0 Å². The van der Waals surface area contributed by atoms with Gasteiger partial charge in [0.25, 0.3) is 0 Å². The van der Waals surface area contributed by atoms with Crippen molar-refractivity contribution < 1.29 is 0 Å². The maximum absolute atomic E-state index is 5.88. The highest BCUT2D eigenvalue weighted by molar-refractivity contribution is 6.29. The number of nitrogens with two attached hydrogens (primary N) is 2. The molecule has 0 amide bonds. The minimum Gasteiger partial charge on any atom is -0.369 e. The molecule has 4 aromatic heterocycles. The molecule has 6 rings (SSSR count). The van der Waals surface area contributed by atoms with Crippen molar-refractivity contribution in [2.45, 2.75) is 50.6 Å². The topological polar surface area (TPSA) is 113 Å². The molecule has 4 N–H and O–H groups in total. The Hall–Kier alpha value is -2.87. The van der Waals surface area contributed by atoms with Crippen molar-refractivity contribution in [3.05, 3.63) is 35.6 Å². The van der Waals surface area contributed by atoms with Gasteiger partial charge in [-0.1, -0.05) is 11.6 Å². The van der Waals surface area contributed by atoms with Gasteiger partial charge in [0.15, 0.2) is 11.3 Å². The van der Waals surface area contributed by atoms with E-state index in [2.05, 4.69) is 24.5 Å². The highest BCUT2D eigenvalue weighted by Crippen LogP contribution is 2.36. The van der Waals surface area contributed by atoms with E-state index in [1.54, 1.807) is 12.3 Å². The minimum absolute atomic E-state index is 0.459. The van der Waals surface area contributed by atoms with Crippen LogP contribution in [0, 0.1) is 0 Å². The molecular weight excluding hydrogens is 388 g/mol. The summed E-state index contributed by atoms with van der Waals surface area (Å²) >= 11 is 5.87. The van der Waals surface area contributed by atoms with Crippen molar-refractivity contribution in [3.8, 4) is 0 Å². The second kappa shape index (κ2) is 7.18. The van der Waals surface area contributed by atoms with Crippen LogP contribution in [0.2, 0.25) is 5.15 Å². The first-order chi connectivity index (χ1) is 14.1. The fraction of sp³-hybridized carbons (Fsp3) is 0.400. The number of hydrogen-bond donors (Lipinski definition) is 2. The molecule has 0 unspecified atom stereocenters. The van der Waals surface area contributed by atoms with Crippen molar-refractivity contribution in [1.29, 1.82) is 0 Å². The van der Waals surface area contributed by atoms with Gasteiger partial charge >= 0.3 is 0 Å². The summed E-state index contributed by atoms with van der Waals surface area (Å²) in [5.74, 6) is 1.15. The van der Waals surface area contributed by atoms with E-state index in [0.717, 1.165) is 35.2 Å². The maximum Gasteiger partial charge on any atom is 0.202 e. The van der Waals surface area contributed by atoms with Crippen LogP contribution in [0.3, 0.4) is 0 Å². The normalized spacial score (nSPS) is 17.0. The Labute approximate surface area is 172 Å². The molecule has 0 radical (unpaired) electrons. The summed E-state index contributed by atoms with van der Waals surface area (Å²) in [4.78, 5) is 17.2. The van der Waals surface area contributed by atoms with Crippen LogP contribution in [0.25, 0.3) is 22.3 Å². The van der Waals surface area contributed by atoms with Crippen LogP contribution in [0.15, 0.2) is 30.5 Å². The molecule has 4 heterocycles. The fourth-order valence-corrected chi connectivity index (χ4v) is 4.07. The molecule has 150 valence electrons. The summed E-state index contributed by atoms with van der Waals surface area (Å²) in [6.07, 6.45) is 9.05. The van der Waals surface area contributed by atoms with Crippen molar-refractivity contribution >= 4 is 45.8 Å². The van der Waals surface area contributed by atoms with Gasteiger partial charge in [-0.25, -0.2) is 19.9 Å². The first-order valence-corrected chi connectivity index (χ1v) is 10.4. The predicted molar refractivity (Wildman–Crippen MR) is 115 cm³/mol. The third kappa shape index (κ3) is 3.17. The molecule has 2 saturated carbocycles. The van der Waals surface area contributed by atoms with Gasteiger partial charge in [0.2, 0.25) is 11.9 Å². The van der Waals surface area contributed by atoms with Crippen molar-refractivity contribution in [2.75, 3.05) is 11.5 Å². The Morgan fingerprint density at radius 2 is 1.38 bits per heavy atom. The zero-order valence-electron chi connectivity index (χ0n) is 16.0. The van der Waals surface area contributed by atoms with Gasteiger partial charge < -0.3 is 11.5 Å². The number of nitrogens with zero attached hydrogens (tertiary/aromatic N) is 6. The molecule has 0 aromatic carbocycles. The second-order valence-electron chi connectivity index (χ2n) is 7.67. The van der Waals surface area contributed by atoms with E-state index in [1.165, 1.54) is 25.7 Å². The zero-order valence-corrected chi connectivity index (χ0v) is 16.8. The average molecular weight is 411 g/mol. The van der Waals surface area contributed by atoms with E-state index in [9.17, 15) is 0 Å². The summed E-state index contributed by atoms with van der Waals surface area (Å²) in [5, 5.41) is 0.489. The SMILES string of the molecule is Nc1nc2ccc(Cl)nc2n1C1CCC1.Nc1nc2cccnc2n1C1CCC1. The fourth-order valence-electron chi connectivity index (χ4n) is 3.93. The van der Waals surface area contributed by atoms with E-state index in [4.69, 9.17) is 23.1 Å². The van der Waals surface area contributed by atoms with E-state index in [1.807, 2.05) is 22.8 Å². The molecule has 4 aromatic rings. The summed E-state index contributed by atoms with van der Waals surface area (Å²) < 4.78 is 4.07. The van der Waals surface area contributed by atoms with Gasteiger partial charge in [0.1, 0.15) is 16.2 Å². The Bertz CT molecular complexity index is 1170. The van der Waals surface area contributed by atoms with Crippen LogP contribution in [-0.4, -0.2) is 29.1 Å². The van der Waals surface area contributed by atoms with Crippen LogP contribution in [0.4, 0.5) is 11.9 Å². The molecular formula is C20H23ClN8. The highest BCUT2D eigenvalue weighted by Gasteiger charge is 2.25. The largest absolute Gasteiger partial charge is 0.369 e. The lowest BCUT2D eigenvalue weighted by atomic mass is 9.93. The van der Waals surface area contributed by atoms with Crippen molar-refractivity contribution in [3.63, 3.8) is 0 Å². The lowest BCUT2D eigenvalue weighted by molar-refractivity contribution is 0.322. The van der Waals surface area contributed by atoms with Crippen LogP contribution in [0.1, 0.15) is 50.6 Å². The number of rotatable bonds is 2. The van der Waals surface area contributed by atoms with Gasteiger partial charge in [-0.2, -0.15) is 0 Å². The number of halogens is 1. The number of pyridine rings is 2. The average Bonchev–Trinajstić information content (AvgIpc) is 3.11. The second-order valence-corrected chi connectivity index (χ2v) is 8.06. The van der Waals surface area contributed by atoms with E-state index in [0.29, 0.717) is 29.1 Å². The molecule has 2 fully saturated rings. The predicted octanol–water partition coefficient (Wildman–Crippen LogP) is 4.13. The molecule has 0 saturated heterocycles. The molecule has 0 bridgehead atoms. The Morgan fingerprint density at radius 3 is 1.97 bits per heavy atom. The number of anilines is 2. The summed E-state index contributed by atoms with van der Waals surface area (Å²) in [5.41, 5.74) is 15.2. The van der Waals surface area contributed by atoms with Gasteiger partial charge in [-0.15, -0.1) is 0 Å². The number of aromatic nitrogens is 6. The van der Waals surface area contributed by atoms with E-state index in [-0.39, 0.29) is 0 Å². The molecule has 8 nitrogen and oxygen atoms in total. The highest BCUT2D eigenvalue weighted by atomic mass is 35.5. The third-order valence-electron chi connectivity index (χ3n) is 5.89. The van der Waals surface area contributed by atoms with Crippen molar-refractivity contribution in [2.24, 2.45) is 0 Å². The quantitative estimate of drug-likeness (QED) is 0.480. The van der Waals surface area contributed by atoms with Crippen LogP contribution < -0.4 is 11.5 Å². The molecule has 0 spiro atoms. The number of imidazole rings is 2. The monoisotopic (exact) mass is 410 g/mol. The standard InChI is InChI=1S/C10H11ClN4.C10H12N4/c11-8-5-4-7-9(14-8)15(10(12)13-7)6-2-1-3-6;11-10-13-8-5-2-6-12-9(8)14(10)7-3-1-4-7/h4-6H,1-3H2,(H2,12,13);2,5-7H,1,3-4H2,(H2,11,13). The Balaban J connectivity index is 0.000000125. The van der Waals surface area contributed by atoms with Crippen LogP contribution >= 0.6 is 11.6 Å². The van der Waals surface area contributed by atoms with Gasteiger partial charge in [-0.3, -0.25) is 9.13 Å². The zero-order chi connectivity index (χ0) is 20.0. The lowest BCUT2D eigenvalue weighted by Gasteiger charge is -2.27. The molecule has 0 atom stereocenters. The van der Waals surface area contributed by atoms with Gasteiger partial charge in [0, 0.05) is 18.3 Å². The molecule has 2 aliphatic carbocycles. The maximum atomic E-state index is 5.88.